The maximum Gasteiger partial charge on any atom is 0.410 e. The van der Waals surface area contributed by atoms with Crippen molar-refractivity contribution in [3.63, 3.8) is 0 Å². The Hall–Kier alpha value is -6.31. The number of carbonyl (C=O) groups excluding carboxylic acids is 7. The molecule has 11 N–H and O–H groups in total. The molecule has 356 valence electrons. The molecule has 20 nitrogen and oxygen atoms in total. The summed E-state index contributed by atoms with van der Waals surface area (Å²) in [4.78, 5) is 110. The molecular formula is C45H68N12O8. The summed E-state index contributed by atoms with van der Waals surface area (Å²) < 4.78 is 5.56. The van der Waals surface area contributed by atoms with E-state index in [1.54, 1.807) is 27.7 Å². The minimum absolute atomic E-state index is 0.00982. The first-order chi connectivity index (χ1) is 30.7. The van der Waals surface area contributed by atoms with Crippen LogP contribution in [0.15, 0.2) is 55.4 Å². The average Bonchev–Trinajstić information content (AvgIpc) is 4.06. The van der Waals surface area contributed by atoms with Gasteiger partial charge in [0.1, 0.15) is 35.8 Å². The van der Waals surface area contributed by atoms with Crippen LogP contribution in [0.1, 0.15) is 97.5 Å². The molecule has 7 amide bonds. The molecule has 3 heterocycles. The third-order valence-corrected chi connectivity index (χ3v) is 11.2. The number of rotatable bonds is 23. The zero-order valence-electron chi connectivity index (χ0n) is 38.5. The quantitative estimate of drug-likeness (QED) is 0.0653. The van der Waals surface area contributed by atoms with Crippen LogP contribution in [0.3, 0.4) is 0 Å². The molecule has 65 heavy (non-hydrogen) atoms. The average molecular weight is 905 g/mol. The van der Waals surface area contributed by atoms with Crippen LogP contribution in [0.5, 0.6) is 0 Å². The maximum absolute atomic E-state index is 14.3. The molecule has 8 atom stereocenters. The zero-order chi connectivity index (χ0) is 47.8. The maximum atomic E-state index is 14.3. The van der Waals surface area contributed by atoms with Crippen LogP contribution in [0, 0.1) is 11.8 Å². The Morgan fingerprint density at radius 1 is 0.815 bits per heavy atom. The topological polar surface area (TPSA) is 302 Å². The Bertz CT molecular complexity index is 2020. The second-order valence-electron chi connectivity index (χ2n) is 18.2. The molecule has 1 aliphatic rings. The highest BCUT2D eigenvalue weighted by Crippen LogP contribution is 2.22. The molecule has 0 unspecified atom stereocenters. The van der Waals surface area contributed by atoms with Gasteiger partial charge in [0, 0.05) is 68.1 Å². The summed E-state index contributed by atoms with van der Waals surface area (Å²) in [7, 11) is 0. The summed E-state index contributed by atoms with van der Waals surface area (Å²) in [5.74, 6) is -4.02. The van der Waals surface area contributed by atoms with Crippen molar-refractivity contribution in [1.29, 1.82) is 0 Å². The largest absolute Gasteiger partial charge is 0.444 e. The van der Waals surface area contributed by atoms with Crippen LogP contribution in [0.25, 0.3) is 0 Å². The van der Waals surface area contributed by atoms with E-state index < -0.39 is 89.4 Å². The van der Waals surface area contributed by atoms with Crippen LogP contribution < -0.4 is 38.1 Å². The van der Waals surface area contributed by atoms with Crippen LogP contribution in [0.2, 0.25) is 0 Å². The summed E-state index contributed by atoms with van der Waals surface area (Å²) in [6.45, 7) is 13.1. The van der Waals surface area contributed by atoms with Gasteiger partial charge in [-0.1, -0.05) is 64.4 Å². The van der Waals surface area contributed by atoms with Crippen LogP contribution in [-0.4, -0.2) is 121 Å². The second-order valence-corrected chi connectivity index (χ2v) is 18.2. The number of nitrogens with one attached hydrogen (secondary N) is 7. The van der Waals surface area contributed by atoms with Crippen molar-refractivity contribution in [3.05, 3.63) is 72.3 Å². The summed E-state index contributed by atoms with van der Waals surface area (Å²) in [5.41, 5.74) is 13.4. The van der Waals surface area contributed by atoms with Gasteiger partial charge >= 0.3 is 6.09 Å². The lowest BCUT2D eigenvalue weighted by molar-refractivity contribution is -0.133. The first-order valence-corrected chi connectivity index (χ1v) is 22.3. The van der Waals surface area contributed by atoms with Gasteiger partial charge in [-0.3, -0.25) is 33.7 Å². The molecule has 1 fully saturated rings. The Morgan fingerprint density at radius 2 is 1.40 bits per heavy atom. The number of hydrogen-bond acceptors (Lipinski definition) is 11. The number of likely N-dealkylation sites (tertiary alicyclic amines) is 1. The van der Waals surface area contributed by atoms with Crippen molar-refractivity contribution in [2.24, 2.45) is 23.3 Å². The number of imidazole rings is 2. The van der Waals surface area contributed by atoms with Gasteiger partial charge in [0.05, 0.1) is 12.7 Å². The highest BCUT2D eigenvalue weighted by atomic mass is 16.6. The van der Waals surface area contributed by atoms with E-state index in [0.717, 1.165) is 5.56 Å². The van der Waals surface area contributed by atoms with E-state index in [-0.39, 0.29) is 37.5 Å². The zero-order valence-corrected chi connectivity index (χ0v) is 38.5. The number of aromatic amines is 2. The number of amides is 7. The minimum atomic E-state index is -1.20. The number of nitrogens with zero attached hydrogens (tertiary/aromatic N) is 3. The smallest absolute Gasteiger partial charge is 0.410 e. The summed E-state index contributed by atoms with van der Waals surface area (Å²) in [5, 5.41) is 14.1. The number of carbonyl (C=O) groups is 7. The van der Waals surface area contributed by atoms with Gasteiger partial charge in [-0.15, -0.1) is 0 Å². The number of aromatic nitrogens is 4. The molecule has 0 aliphatic carbocycles. The predicted molar refractivity (Wildman–Crippen MR) is 241 cm³/mol. The summed E-state index contributed by atoms with van der Waals surface area (Å²) in [6.07, 6.45) is 6.97. The van der Waals surface area contributed by atoms with Gasteiger partial charge in [0.2, 0.25) is 35.4 Å². The van der Waals surface area contributed by atoms with Gasteiger partial charge < -0.3 is 52.8 Å². The molecule has 0 spiro atoms. The highest BCUT2D eigenvalue weighted by molar-refractivity contribution is 5.95. The molecule has 1 aliphatic heterocycles. The molecule has 0 saturated carbocycles. The highest BCUT2D eigenvalue weighted by Gasteiger charge is 2.39. The first-order valence-electron chi connectivity index (χ1n) is 22.3. The van der Waals surface area contributed by atoms with Crippen molar-refractivity contribution in [3.8, 4) is 0 Å². The normalized spacial score (nSPS) is 17.1. The number of primary amides is 1. The van der Waals surface area contributed by atoms with Crippen molar-refractivity contribution in [1.82, 2.24) is 51.4 Å². The second kappa shape index (κ2) is 24.1. The lowest BCUT2D eigenvalue weighted by Gasteiger charge is -2.31. The molecule has 3 aromatic rings. The first kappa shape index (κ1) is 51.3. The van der Waals surface area contributed by atoms with Crippen molar-refractivity contribution < 1.29 is 38.3 Å². The van der Waals surface area contributed by atoms with E-state index in [1.807, 2.05) is 51.1 Å². The molecule has 20 heteroatoms. The van der Waals surface area contributed by atoms with Crippen LogP contribution >= 0.6 is 0 Å². The van der Waals surface area contributed by atoms with E-state index in [9.17, 15) is 33.6 Å². The molecule has 1 saturated heterocycles. The fraction of sp³-hybridized carbons (Fsp3) is 0.578. The Morgan fingerprint density at radius 3 is 1.95 bits per heavy atom. The molecule has 1 aromatic carbocycles. The van der Waals surface area contributed by atoms with E-state index in [1.165, 1.54) is 29.9 Å². The monoisotopic (exact) mass is 905 g/mol. The van der Waals surface area contributed by atoms with E-state index in [4.69, 9.17) is 16.2 Å². The van der Waals surface area contributed by atoms with Gasteiger partial charge in [-0.2, -0.15) is 0 Å². The summed E-state index contributed by atoms with van der Waals surface area (Å²) in [6, 6.07) is 2.05. The number of hydrogen-bond donors (Lipinski definition) is 9. The SMILES string of the molecule is CC[C@H](C)[C@H](NC(=O)C[C@@H](N)[C@H](CC(C)C)NC(=O)[C@H](Cc1cnc[nH]1)NC(=O)[C@H](Cc1ccccc1)NC(=O)[C@@H]1CCCN1C(=O)OC(C)(C)C)C(=O)N[C@@H](Cc1cnc[nH]1)C(N)=O. The van der Waals surface area contributed by atoms with Crippen molar-refractivity contribution in [2.45, 2.75) is 148 Å². The van der Waals surface area contributed by atoms with Crippen LogP contribution in [-0.2, 0) is 52.8 Å². The third kappa shape index (κ3) is 16.3. The molecule has 4 rings (SSSR count). The standard InChI is InChI=1S/C45H68N12O8/c1-8-27(4)38(43(63)53-33(39(47)59)19-29-22-48-24-50-29)56-37(58)21-31(46)32(17-26(2)3)52-41(61)35(20-30-23-49-25-51-30)54-40(60)34(18-28-13-10-9-11-14-28)55-42(62)36-15-12-16-57(36)44(64)65-45(5,6)7/h9-11,13-14,22-27,31-36,38H,8,12,15-21,46H2,1-7H3,(H2,47,59)(H,48,50)(H,49,51)(H,52,61)(H,53,63)(H,54,60)(H,55,62)(H,56,58)/t27-,31+,32-,33-,34-,35-,36-,38-/m0/s1. The van der Waals surface area contributed by atoms with E-state index in [0.29, 0.717) is 43.6 Å². The number of benzene rings is 1. The van der Waals surface area contributed by atoms with Crippen molar-refractivity contribution >= 4 is 41.5 Å². The Kier molecular flexibility index (Phi) is 19.0. The van der Waals surface area contributed by atoms with Gasteiger partial charge in [-0.05, 0) is 57.4 Å². The summed E-state index contributed by atoms with van der Waals surface area (Å²) >= 11 is 0. The Balaban J connectivity index is 1.51. The lowest BCUT2D eigenvalue weighted by Crippen LogP contribution is -2.60. The van der Waals surface area contributed by atoms with Gasteiger partial charge in [0.25, 0.3) is 0 Å². The number of H-pyrrole nitrogens is 2. The minimum Gasteiger partial charge on any atom is -0.444 e. The fourth-order valence-corrected chi connectivity index (χ4v) is 7.53. The molecule has 2 aromatic heterocycles. The predicted octanol–water partition coefficient (Wildman–Crippen LogP) is 1.28. The molecule has 0 bridgehead atoms. The lowest BCUT2D eigenvalue weighted by atomic mass is 9.94. The fourth-order valence-electron chi connectivity index (χ4n) is 7.53. The number of ether oxygens (including phenoxy) is 1. The third-order valence-electron chi connectivity index (χ3n) is 11.2. The van der Waals surface area contributed by atoms with Gasteiger partial charge in [0.15, 0.2) is 0 Å². The molecule has 0 radical (unpaired) electrons. The number of nitrogens with two attached hydrogens (primary N) is 2. The van der Waals surface area contributed by atoms with Gasteiger partial charge in [-0.25, -0.2) is 14.8 Å². The molecular weight excluding hydrogens is 837 g/mol. The van der Waals surface area contributed by atoms with Crippen molar-refractivity contribution in [2.75, 3.05) is 6.54 Å². The van der Waals surface area contributed by atoms with E-state index >= 15 is 0 Å². The Labute approximate surface area is 380 Å². The van der Waals surface area contributed by atoms with Crippen LogP contribution in [0.4, 0.5) is 4.79 Å². The van der Waals surface area contributed by atoms with E-state index in [2.05, 4.69) is 46.5 Å².